The first-order chi connectivity index (χ1) is 7.82. The molecule has 5 nitrogen and oxygen atoms in total. The number of aromatic nitrogens is 2. The van der Waals surface area contributed by atoms with Crippen molar-refractivity contribution < 1.29 is 18.3 Å². The molecule has 96 valence electrons. The minimum Gasteiger partial charge on any atom is -0.396 e. The Hall–Kier alpha value is -1.57. The Kier molecular flexibility index (Phi) is 4.11. The first-order valence-corrected chi connectivity index (χ1v) is 4.89. The van der Waals surface area contributed by atoms with Crippen LogP contribution in [0.3, 0.4) is 0 Å². The van der Waals surface area contributed by atoms with Crippen LogP contribution in [0.2, 0.25) is 0 Å². The number of aliphatic hydroxyl groups is 1. The van der Waals surface area contributed by atoms with Crippen molar-refractivity contribution in [1.29, 1.82) is 0 Å². The van der Waals surface area contributed by atoms with Crippen LogP contribution in [0.15, 0.2) is 6.07 Å². The van der Waals surface area contributed by atoms with Crippen LogP contribution in [0.25, 0.3) is 0 Å². The predicted octanol–water partition coefficient (Wildman–Crippen LogP) is 1.12. The maximum atomic E-state index is 12.4. The van der Waals surface area contributed by atoms with Crippen LogP contribution >= 0.6 is 0 Å². The van der Waals surface area contributed by atoms with Gasteiger partial charge in [-0.05, 0) is 5.92 Å². The van der Waals surface area contributed by atoms with Crippen molar-refractivity contribution in [1.82, 2.24) is 9.97 Å². The first kappa shape index (κ1) is 13.5. The van der Waals surface area contributed by atoms with Crippen molar-refractivity contribution in [3.05, 3.63) is 11.8 Å². The Morgan fingerprint density at radius 2 is 2.12 bits per heavy atom. The summed E-state index contributed by atoms with van der Waals surface area (Å²) in [6.45, 7) is 1.96. The highest BCUT2D eigenvalue weighted by Gasteiger charge is 2.33. The molecule has 0 fully saturated rings. The molecule has 0 aromatic carbocycles. The van der Waals surface area contributed by atoms with Gasteiger partial charge in [0.25, 0.3) is 0 Å². The molecule has 0 aliphatic rings. The molecule has 1 aromatic heterocycles. The van der Waals surface area contributed by atoms with Gasteiger partial charge >= 0.3 is 6.18 Å². The lowest BCUT2D eigenvalue weighted by molar-refractivity contribution is -0.141. The predicted molar refractivity (Wildman–Crippen MR) is 56.2 cm³/mol. The van der Waals surface area contributed by atoms with E-state index in [1.54, 1.807) is 6.92 Å². The standard InChI is InChI=1S/C9H13F3N4O/c1-5(4-17)3-14-7-2-6(9(10,11)12)15-8(13)16-7/h2,5,17H,3-4H2,1H3,(H3,13,14,15,16). The third kappa shape index (κ3) is 4.06. The molecule has 0 bridgehead atoms. The number of alkyl halides is 3. The zero-order valence-electron chi connectivity index (χ0n) is 9.12. The summed E-state index contributed by atoms with van der Waals surface area (Å²) in [7, 11) is 0. The molecule has 8 heteroatoms. The minimum atomic E-state index is -4.56. The van der Waals surface area contributed by atoms with Crippen molar-refractivity contribution >= 4 is 11.8 Å². The molecule has 1 unspecified atom stereocenters. The Bertz CT molecular complexity index is 383. The summed E-state index contributed by atoms with van der Waals surface area (Å²) in [5.41, 5.74) is 4.09. The van der Waals surface area contributed by atoms with Gasteiger partial charge in [0.1, 0.15) is 5.82 Å². The van der Waals surface area contributed by atoms with Gasteiger partial charge in [-0.25, -0.2) is 4.98 Å². The maximum absolute atomic E-state index is 12.4. The van der Waals surface area contributed by atoms with E-state index < -0.39 is 17.8 Å². The van der Waals surface area contributed by atoms with E-state index in [-0.39, 0.29) is 18.3 Å². The second kappa shape index (κ2) is 5.17. The fourth-order valence-electron chi connectivity index (χ4n) is 1.04. The summed E-state index contributed by atoms with van der Waals surface area (Å²) in [6, 6.07) is 0.778. The second-order valence-electron chi connectivity index (χ2n) is 3.66. The lowest BCUT2D eigenvalue weighted by Crippen LogP contribution is -2.17. The first-order valence-electron chi connectivity index (χ1n) is 4.89. The van der Waals surface area contributed by atoms with Gasteiger partial charge in [-0.15, -0.1) is 0 Å². The highest BCUT2D eigenvalue weighted by Crippen LogP contribution is 2.29. The number of aliphatic hydroxyl groups excluding tert-OH is 1. The Labute approximate surface area is 95.9 Å². The maximum Gasteiger partial charge on any atom is 0.433 e. The zero-order valence-corrected chi connectivity index (χ0v) is 9.12. The third-order valence-corrected chi connectivity index (χ3v) is 1.98. The average Bonchev–Trinajstić information content (AvgIpc) is 2.24. The van der Waals surface area contributed by atoms with E-state index in [1.807, 2.05) is 0 Å². The van der Waals surface area contributed by atoms with Gasteiger partial charge in [-0.3, -0.25) is 0 Å². The quantitative estimate of drug-likeness (QED) is 0.745. The summed E-state index contributed by atoms with van der Waals surface area (Å²) < 4.78 is 37.2. The number of rotatable bonds is 4. The number of hydrogen-bond acceptors (Lipinski definition) is 5. The van der Waals surface area contributed by atoms with Crippen molar-refractivity contribution in [2.24, 2.45) is 5.92 Å². The molecule has 0 saturated heterocycles. The van der Waals surface area contributed by atoms with E-state index >= 15 is 0 Å². The number of hydrogen-bond donors (Lipinski definition) is 3. The van der Waals surface area contributed by atoms with Gasteiger partial charge in [0.15, 0.2) is 5.69 Å². The van der Waals surface area contributed by atoms with Crippen molar-refractivity contribution in [2.75, 3.05) is 24.2 Å². The molecule has 0 saturated carbocycles. The van der Waals surface area contributed by atoms with Crippen LogP contribution < -0.4 is 11.1 Å². The topological polar surface area (TPSA) is 84.1 Å². The molecule has 0 radical (unpaired) electrons. The highest BCUT2D eigenvalue weighted by atomic mass is 19.4. The van der Waals surface area contributed by atoms with Crippen LogP contribution in [0.4, 0.5) is 24.9 Å². The van der Waals surface area contributed by atoms with Crippen molar-refractivity contribution in [2.45, 2.75) is 13.1 Å². The largest absolute Gasteiger partial charge is 0.433 e. The highest BCUT2D eigenvalue weighted by molar-refractivity contribution is 5.41. The smallest absolute Gasteiger partial charge is 0.396 e. The van der Waals surface area contributed by atoms with Crippen molar-refractivity contribution in [3.8, 4) is 0 Å². The number of nitrogens with one attached hydrogen (secondary N) is 1. The number of anilines is 2. The van der Waals surface area contributed by atoms with Crippen LogP contribution in [-0.2, 0) is 6.18 Å². The summed E-state index contributed by atoms with van der Waals surface area (Å²) in [5, 5.41) is 11.4. The van der Waals surface area contributed by atoms with Gasteiger partial charge in [-0.2, -0.15) is 18.2 Å². The average molecular weight is 250 g/mol. The monoisotopic (exact) mass is 250 g/mol. The lowest BCUT2D eigenvalue weighted by Gasteiger charge is -2.12. The van der Waals surface area contributed by atoms with Crippen LogP contribution in [0.5, 0.6) is 0 Å². The van der Waals surface area contributed by atoms with Gasteiger partial charge in [-0.1, -0.05) is 6.92 Å². The van der Waals surface area contributed by atoms with E-state index in [9.17, 15) is 13.2 Å². The van der Waals surface area contributed by atoms with E-state index in [1.165, 1.54) is 0 Å². The Morgan fingerprint density at radius 1 is 1.47 bits per heavy atom. The number of nitrogen functional groups attached to an aromatic ring is 1. The molecule has 1 atom stereocenters. The summed E-state index contributed by atoms with van der Waals surface area (Å²) >= 11 is 0. The summed E-state index contributed by atoms with van der Waals surface area (Å²) in [6.07, 6.45) is -4.56. The summed E-state index contributed by atoms with van der Waals surface area (Å²) in [5.74, 6) is -0.551. The molecule has 1 aromatic rings. The fourth-order valence-corrected chi connectivity index (χ4v) is 1.04. The molecule has 0 aliphatic carbocycles. The lowest BCUT2D eigenvalue weighted by atomic mass is 10.2. The molecule has 0 spiro atoms. The van der Waals surface area contributed by atoms with Gasteiger partial charge in [0.2, 0.25) is 5.95 Å². The second-order valence-corrected chi connectivity index (χ2v) is 3.66. The molecular weight excluding hydrogens is 237 g/mol. The van der Waals surface area contributed by atoms with Gasteiger partial charge in [0.05, 0.1) is 0 Å². The number of nitrogens with two attached hydrogens (primary N) is 1. The van der Waals surface area contributed by atoms with E-state index in [2.05, 4.69) is 15.3 Å². The summed E-state index contributed by atoms with van der Waals surface area (Å²) in [4.78, 5) is 6.73. The molecule has 0 amide bonds. The Morgan fingerprint density at radius 3 is 2.65 bits per heavy atom. The van der Waals surface area contributed by atoms with Crippen LogP contribution in [0.1, 0.15) is 12.6 Å². The van der Waals surface area contributed by atoms with E-state index in [0.29, 0.717) is 6.54 Å². The Balaban J connectivity index is 2.83. The van der Waals surface area contributed by atoms with Crippen LogP contribution in [0, 0.1) is 5.92 Å². The number of nitrogens with zero attached hydrogens (tertiary/aromatic N) is 2. The molecular formula is C9H13F3N4O. The van der Waals surface area contributed by atoms with Crippen LogP contribution in [-0.4, -0.2) is 28.2 Å². The SMILES string of the molecule is CC(CO)CNc1cc(C(F)(F)F)nc(N)n1. The van der Waals surface area contributed by atoms with Crippen molar-refractivity contribution in [3.63, 3.8) is 0 Å². The van der Waals surface area contributed by atoms with E-state index in [4.69, 9.17) is 10.8 Å². The molecule has 1 rings (SSSR count). The van der Waals surface area contributed by atoms with E-state index in [0.717, 1.165) is 6.07 Å². The molecule has 4 N–H and O–H groups in total. The zero-order chi connectivity index (χ0) is 13.1. The number of halogens is 3. The normalized spacial score (nSPS) is 13.5. The van der Waals surface area contributed by atoms with Gasteiger partial charge in [0, 0.05) is 19.2 Å². The molecule has 17 heavy (non-hydrogen) atoms. The third-order valence-electron chi connectivity index (χ3n) is 1.98. The minimum absolute atomic E-state index is 0.00914. The molecule has 1 heterocycles. The van der Waals surface area contributed by atoms with Gasteiger partial charge < -0.3 is 16.2 Å². The fraction of sp³-hybridized carbons (Fsp3) is 0.556. The molecule has 0 aliphatic heterocycles.